The Balaban J connectivity index is 1.70. The molecule has 2 N–H and O–H groups in total. The van der Waals surface area contributed by atoms with Gasteiger partial charge in [0.1, 0.15) is 0 Å². The molecule has 0 saturated heterocycles. The van der Waals surface area contributed by atoms with E-state index in [1.165, 1.54) is 5.57 Å². The lowest BCUT2D eigenvalue weighted by atomic mass is 10.1. The lowest BCUT2D eigenvalue weighted by Crippen LogP contribution is -2.17. The van der Waals surface area contributed by atoms with Crippen LogP contribution in [0.15, 0.2) is 42.0 Å². The Morgan fingerprint density at radius 2 is 1.96 bits per heavy atom. The van der Waals surface area contributed by atoms with Crippen molar-refractivity contribution in [3.63, 3.8) is 0 Å². The highest BCUT2D eigenvalue weighted by Gasteiger charge is 2.60. The van der Waals surface area contributed by atoms with E-state index in [4.69, 9.17) is 0 Å². The molecule has 120 valence electrons. The van der Waals surface area contributed by atoms with Gasteiger partial charge in [0.05, 0.1) is 5.92 Å². The first-order chi connectivity index (χ1) is 10.9. The van der Waals surface area contributed by atoms with Crippen LogP contribution in [0.5, 0.6) is 0 Å². The molecule has 0 aliphatic heterocycles. The van der Waals surface area contributed by atoms with Crippen molar-refractivity contribution in [3.05, 3.63) is 42.0 Å². The summed E-state index contributed by atoms with van der Waals surface area (Å²) in [4.78, 5) is 16.8. The summed E-state index contributed by atoms with van der Waals surface area (Å²) in [6, 6.07) is 9.71. The van der Waals surface area contributed by atoms with Crippen molar-refractivity contribution in [2.75, 3.05) is 5.32 Å². The smallest absolute Gasteiger partial charge is 0.249 e. The Bertz CT molecular complexity index is 741. The molecule has 0 radical (unpaired) electrons. The summed E-state index contributed by atoms with van der Waals surface area (Å²) < 4.78 is 0. The zero-order chi connectivity index (χ0) is 16.6. The van der Waals surface area contributed by atoms with E-state index >= 15 is 0 Å². The number of nitrogens with zero attached hydrogens (tertiary/aromatic N) is 2. The third-order valence-corrected chi connectivity index (χ3v) is 4.47. The summed E-state index contributed by atoms with van der Waals surface area (Å²) >= 11 is 0. The normalized spacial score (nSPS) is 21.6. The first kappa shape index (κ1) is 15.5. The quantitative estimate of drug-likeness (QED) is 0.847. The van der Waals surface area contributed by atoms with Crippen LogP contribution in [0.25, 0.3) is 11.4 Å². The Morgan fingerprint density at radius 1 is 1.26 bits per heavy atom. The number of anilines is 1. The fourth-order valence-corrected chi connectivity index (χ4v) is 3.08. The van der Waals surface area contributed by atoms with Crippen molar-refractivity contribution < 1.29 is 4.79 Å². The highest BCUT2D eigenvalue weighted by Crippen LogP contribution is 2.59. The lowest BCUT2D eigenvalue weighted by molar-refractivity contribution is -0.118. The number of hydrogen-bond donors (Lipinski definition) is 2. The Kier molecular flexibility index (Phi) is 3.80. The van der Waals surface area contributed by atoms with Crippen LogP contribution in [-0.4, -0.2) is 21.1 Å². The SMILES string of the molecule is CC(C)=C[C@H]1[C@@H](C(=O)Nc2n[nH]c(-c3ccccc3)n2)C1(C)C. The summed E-state index contributed by atoms with van der Waals surface area (Å²) in [7, 11) is 0. The van der Waals surface area contributed by atoms with Gasteiger partial charge in [-0.15, -0.1) is 5.10 Å². The molecular weight excluding hydrogens is 288 g/mol. The summed E-state index contributed by atoms with van der Waals surface area (Å²) in [5.74, 6) is 1.21. The summed E-state index contributed by atoms with van der Waals surface area (Å²) in [6.45, 7) is 8.36. The predicted molar refractivity (Wildman–Crippen MR) is 90.6 cm³/mol. The molecular formula is C18H22N4O. The van der Waals surface area contributed by atoms with Gasteiger partial charge in [0.2, 0.25) is 11.9 Å². The van der Waals surface area contributed by atoms with Gasteiger partial charge in [-0.3, -0.25) is 15.2 Å². The first-order valence-corrected chi connectivity index (χ1v) is 7.83. The van der Waals surface area contributed by atoms with Gasteiger partial charge in [-0.1, -0.05) is 55.8 Å². The average molecular weight is 310 g/mol. The topological polar surface area (TPSA) is 70.7 Å². The number of rotatable bonds is 4. The number of nitrogens with one attached hydrogen (secondary N) is 2. The zero-order valence-corrected chi connectivity index (χ0v) is 13.9. The highest BCUT2D eigenvalue weighted by molar-refractivity contribution is 5.94. The van der Waals surface area contributed by atoms with Gasteiger partial charge >= 0.3 is 0 Å². The number of H-pyrrole nitrogens is 1. The van der Waals surface area contributed by atoms with Crippen LogP contribution >= 0.6 is 0 Å². The Hall–Kier alpha value is -2.43. The van der Waals surface area contributed by atoms with E-state index in [1.807, 2.05) is 30.3 Å². The van der Waals surface area contributed by atoms with Gasteiger partial charge in [0, 0.05) is 5.56 Å². The van der Waals surface area contributed by atoms with E-state index in [0.717, 1.165) is 5.56 Å². The molecule has 5 heteroatoms. The zero-order valence-electron chi connectivity index (χ0n) is 13.9. The third kappa shape index (κ3) is 3.04. The van der Waals surface area contributed by atoms with E-state index < -0.39 is 0 Å². The molecule has 1 fully saturated rings. The van der Waals surface area contributed by atoms with E-state index in [9.17, 15) is 4.79 Å². The molecule has 3 rings (SSSR count). The second-order valence-electron chi connectivity index (χ2n) is 6.93. The number of amides is 1. The summed E-state index contributed by atoms with van der Waals surface area (Å²) in [6.07, 6.45) is 2.18. The molecule has 1 aromatic carbocycles. The monoisotopic (exact) mass is 310 g/mol. The van der Waals surface area contributed by atoms with Crippen molar-refractivity contribution in [3.8, 4) is 11.4 Å². The number of carbonyl (C=O) groups is 1. The van der Waals surface area contributed by atoms with Gasteiger partial charge in [-0.05, 0) is 25.2 Å². The minimum atomic E-state index is -0.0314. The van der Waals surface area contributed by atoms with Crippen molar-refractivity contribution in [2.45, 2.75) is 27.7 Å². The maximum absolute atomic E-state index is 12.5. The van der Waals surface area contributed by atoms with Crippen LogP contribution < -0.4 is 5.32 Å². The van der Waals surface area contributed by atoms with Gasteiger partial charge < -0.3 is 0 Å². The second-order valence-corrected chi connectivity index (χ2v) is 6.93. The molecule has 1 aromatic heterocycles. The van der Waals surface area contributed by atoms with Crippen molar-refractivity contribution >= 4 is 11.9 Å². The van der Waals surface area contributed by atoms with E-state index in [2.05, 4.69) is 54.3 Å². The van der Waals surface area contributed by atoms with Crippen molar-refractivity contribution in [1.82, 2.24) is 15.2 Å². The molecule has 2 aromatic rings. The molecule has 1 heterocycles. The number of hydrogen-bond acceptors (Lipinski definition) is 3. The molecule has 1 amide bonds. The number of carbonyl (C=O) groups excluding carboxylic acids is 1. The molecule has 0 spiro atoms. The molecule has 1 saturated carbocycles. The van der Waals surface area contributed by atoms with E-state index in [0.29, 0.717) is 11.8 Å². The largest absolute Gasteiger partial charge is 0.293 e. The average Bonchev–Trinajstić information content (AvgIpc) is 2.86. The minimum absolute atomic E-state index is 0.0140. The fraction of sp³-hybridized carbons (Fsp3) is 0.389. The van der Waals surface area contributed by atoms with Crippen LogP contribution in [0.2, 0.25) is 0 Å². The highest BCUT2D eigenvalue weighted by atomic mass is 16.2. The number of aromatic nitrogens is 3. The van der Waals surface area contributed by atoms with E-state index in [1.54, 1.807) is 0 Å². The van der Waals surface area contributed by atoms with Crippen LogP contribution in [0, 0.1) is 17.3 Å². The number of aromatic amines is 1. The number of benzene rings is 1. The lowest BCUT2D eigenvalue weighted by Gasteiger charge is -2.01. The van der Waals surface area contributed by atoms with Crippen molar-refractivity contribution in [1.29, 1.82) is 0 Å². The molecule has 5 nitrogen and oxygen atoms in total. The molecule has 0 bridgehead atoms. The van der Waals surface area contributed by atoms with Gasteiger partial charge in [0.25, 0.3) is 0 Å². The fourth-order valence-electron chi connectivity index (χ4n) is 3.08. The Morgan fingerprint density at radius 3 is 2.61 bits per heavy atom. The van der Waals surface area contributed by atoms with Crippen molar-refractivity contribution in [2.24, 2.45) is 17.3 Å². The van der Waals surface area contributed by atoms with Crippen LogP contribution in [-0.2, 0) is 4.79 Å². The molecule has 2 atom stereocenters. The second kappa shape index (κ2) is 5.65. The third-order valence-electron chi connectivity index (χ3n) is 4.47. The van der Waals surface area contributed by atoms with Crippen LogP contribution in [0.1, 0.15) is 27.7 Å². The maximum atomic E-state index is 12.5. The van der Waals surface area contributed by atoms with Crippen LogP contribution in [0.3, 0.4) is 0 Å². The molecule has 23 heavy (non-hydrogen) atoms. The van der Waals surface area contributed by atoms with Gasteiger partial charge in [0.15, 0.2) is 5.82 Å². The number of allylic oxidation sites excluding steroid dienone is 2. The van der Waals surface area contributed by atoms with Gasteiger partial charge in [-0.2, -0.15) is 4.98 Å². The molecule has 1 aliphatic carbocycles. The first-order valence-electron chi connectivity index (χ1n) is 7.83. The van der Waals surface area contributed by atoms with Crippen LogP contribution in [0.4, 0.5) is 5.95 Å². The molecule has 0 unspecified atom stereocenters. The standard InChI is InChI=1S/C18H22N4O/c1-11(2)10-13-14(18(13,3)4)16(23)20-17-19-15(21-22-17)12-8-6-5-7-9-12/h5-10,13-14H,1-4H3,(H2,19,20,21,22,23)/t13-,14-/m0/s1. The summed E-state index contributed by atoms with van der Waals surface area (Å²) in [5, 5.41) is 9.79. The Labute approximate surface area is 136 Å². The van der Waals surface area contributed by atoms with E-state index in [-0.39, 0.29) is 23.2 Å². The predicted octanol–water partition coefficient (Wildman–Crippen LogP) is 3.65. The summed E-state index contributed by atoms with van der Waals surface area (Å²) in [5.41, 5.74) is 2.16. The minimum Gasteiger partial charge on any atom is -0.293 e. The van der Waals surface area contributed by atoms with Gasteiger partial charge in [-0.25, -0.2) is 0 Å². The molecule has 1 aliphatic rings. The maximum Gasteiger partial charge on any atom is 0.249 e.